The lowest BCUT2D eigenvalue weighted by Crippen LogP contribution is -2.48. The van der Waals surface area contributed by atoms with Gasteiger partial charge in [0.25, 0.3) is 5.91 Å². The maximum atomic E-state index is 12.4. The number of hydrogen-bond donors (Lipinski definition) is 1. The van der Waals surface area contributed by atoms with Crippen LogP contribution in [0.4, 0.5) is 5.82 Å². The van der Waals surface area contributed by atoms with Crippen molar-refractivity contribution in [2.75, 3.05) is 70.9 Å². The van der Waals surface area contributed by atoms with Gasteiger partial charge in [-0.2, -0.15) is 0 Å². The van der Waals surface area contributed by atoms with E-state index in [2.05, 4.69) is 20.4 Å². The Labute approximate surface area is 146 Å². The number of anilines is 1. The summed E-state index contributed by atoms with van der Waals surface area (Å²) in [4.78, 5) is 28.8. The minimum atomic E-state index is -0.141. The second kappa shape index (κ2) is 8.72. The fourth-order valence-corrected chi connectivity index (χ4v) is 2.90. The third-order valence-electron chi connectivity index (χ3n) is 4.47. The summed E-state index contributed by atoms with van der Waals surface area (Å²) in [7, 11) is 0. The van der Waals surface area contributed by atoms with E-state index in [0.717, 1.165) is 45.8 Å². The van der Waals surface area contributed by atoms with Crippen LogP contribution in [0.2, 0.25) is 0 Å². The fraction of sp³-hybridized carbons (Fsp3) is 0.625. The van der Waals surface area contributed by atoms with Crippen molar-refractivity contribution in [2.24, 2.45) is 0 Å². The Morgan fingerprint density at radius 1 is 1.12 bits per heavy atom. The molecule has 1 N–H and O–H groups in total. The number of aromatic nitrogens is 2. The van der Waals surface area contributed by atoms with Crippen LogP contribution in [-0.2, 0) is 9.53 Å². The summed E-state index contributed by atoms with van der Waals surface area (Å²) >= 11 is 0. The van der Waals surface area contributed by atoms with Crippen molar-refractivity contribution < 1.29 is 14.3 Å². The van der Waals surface area contributed by atoms with E-state index in [1.165, 1.54) is 0 Å². The van der Waals surface area contributed by atoms with Crippen molar-refractivity contribution in [3.05, 3.63) is 17.8 Å². The van der Waals surface area contributed by atoms with E-state index in [1.807, 2.05) is 0 Å². The molecule has 0 saturated carbocycles. The Morgan fingerprint density at radius 3 is 2.52 bits per heavy atom. The summed E-state index contributed by atoms with van der Waals surface area (Å²) in [6.45, 7) is 7.36. The SMILES string of the molecule is O=CN1CCN(C(=O)c2ccc(NCCN3CCOCC3)nn2)CC1. The van der Waals surface area contributed by atoms with Gasteiger partial charge in [-0.15, -0.1) is 10.2 Å². The molecule has 3 rings (SSSR count). The molecule has 0 aliphatic carbocycles. The first-order valence-electron chi connectivity index (χ1n) is 8.62. The second-order valence-corrected chi connectivity index (χ2v) is 6.12. The number of nitrogens with one attached hydrogen (secondary N) is 1. The van der Waals surface area contributed by atoms with Crippen LogP contribution >= 0.6 is 0 Å². The van der Waals surface area contributed by atoms with Gasteiger partial charge in [-0.3, -0.25) is 14.5 Å². The van der Waals surface area contributed by atoms with E-state index >= 15 is 0 Å². The van der Waals surface area contributed by atoms with E-state index in [0.29, 0.717) is 37.7 Å². The van der Waals surface area contributed by atoms with Crippen LogP contribution < -0.4 is 5.32 Å². The number of carbonyl (C=O) groups excluding carboxylic acids is 2. The van der Waals surface area contributed by atoms with E-state index in [1.54, 1.807) is 21.9 Å². The molecular weight excluding hydrogens is 324 g/mol. The zero-order chi connectivity index (χ0) is 17.5. The summed E-state index contributed by atoms with van der Waals surface area (Å²) in [5, 5.41) is 11.4. The lowest BCUT2D eigenvalue weighted by Gasteiger charge is -2.32. The first kappa shape index (κ1) is 17.6. The quantitative estimate of drug-likeness (QED) is 0.669. The molecule has 0 spiro atoms. The molecule has 3 heterocycles. The van der Waals surface area contributed by atoms with Crippen molar-refractivity contribution in [3.8, 4) is 0 Å². The van der Waals surface area contributed by atoms with Gasteiger partial charge in [0.15, 0.2) is 5.69 Å². The molecule has 2 saturated heterocycles. The van der Waals surface area contributed by atoms with Crippen LogP contribution in [0.1, 0.15) is 10.5 Å². The molecule has 2 amide bonds. The number of piperazine rings is 1. The number of ether oxygens (including phenoxy) is 1. The lowest BCUT2D eigenvalue weighted by atomic mass is 10.2. The minimum absolute atomic E-state index is 0.141. The van der Waals surface area contributed by atoms with Gasteiger partial charge >= 0.3 is 0 Å². The first-order chi connectivity index (χ1) is 12.3. The van der Waals surface area contributed by atoms with Crippen molar-refractivity contribution in [1.82, 2.24) is 24.9 Å². The Balaban J connectivity index is 1.45. The number of nitrogens with zero attached hydrogens (tertiary/aromatic N) is 5. The average molecular weight is 348 g/mol. The number of carbonyl (C=O) groups is 2. The number of hydrogen-bond acceptors (Lipinski definition) is 7. The highest BCUT2D eigenvalue weighted by Crippen LogP contribution is 2.08. The summed E-state index contributed by atoms with van der Waals surface area (Å²) in [5.74, 6) is 0.522. The zero-order valence-corrected chi connectivity index (χ0v) is 14.3. The molecule has 9 nitrogen and oxygen atoms in total. The van der Waals surface area contributed by atoms with Gasteiger partial charge in [-0.25, -0.2) is 0 Å². The zero-order valence-electron chi connectivity index (χ0n) is 14.3. The van der Waals surface area contributed by atoms with Crippen LogP contribution in [-0.4, -0.2) is 103 Å². The predicted octanol–water partition coefficient (Wildman–Crippen LogP) is -0.865. The van der Waals surface area contributed by atoms with Crippen molar-refractivity contribution in [2.45, 2.75) is 0 Å². The predicted molar refractivity (Wildman–Crippen MR) is 91.3 cm³/mol. The maximum absolute atomic E-state index is 12.4. The Hall–Kier alpha value is -2.26. The van der Waals surface area contributed by atoms with E-state index in [9.17, 15) is 9.59 Å². The Bertz CT molecular complexity index is 568. The van der Waals surface area contributed by atoms with E-state index in [-0.39, 0.29) is 5.91 Å². The average Bonchev–Trinajstić information content (AvgIpc) is 2.69. The van der Waals surface area contributed by atoms with Gasteiger partial charge < -0.3 is 19.9 Å². The molecule has 1 aromatic rings. The Kier molecular flexibility index (Phi) is 6.13. The highest BCUT2D eigenvalue weighted by Gasteiger charge is 2.22. The molecule has 9 heteroatoms. The normalized spacial score (nSPS) is 18.9. The monoisotopic (exact) mass is 348 g/mol. The van der Waals surface area contributed by atoms with Crippen LogP contribution in [0, 0.1) is 0 Å². The van der Waals surface area contributed by atoms with Crippen LogP contribution in [0.5, 0.6) is 0 Å². The second-order valence-electron chi connectivity index (χ2n) is 6.12. The molecule has 2 aliphatic rings. The number of rotatable bonds is 6. The van der Waals surface area contributed by atoms with Crippen LogP contribution in [0.3, 0.4) is 0 Å². The molecule has 136 valence electrons. The van der Waals surface area contributed by atoms with Crippen LogP contribution in [0.25, 0.3) is 0 Å². The van der Waals surface area contributed by atoms with Gasteiger partial charge in [0.1, 0.15) is 5.82 Å². The van der Waals surface area contributed by atoms with Gasteiger partial charge in [0.2, 0.25) is 6.41 Å². The molecule has 25 heavy (non-hydrogen) atoms. The number of amides is 2. The summed E-state index contributed by atoms with van der Waals surface area (Å²) < 4.78 is 5.32. The molecular formula is C16H24N6O3. The molecule has 0 aromatic carbocycles. The highest BCUT2D eigenvalue weighted by atomic mass is 16.5. The van der Waals surface area contributed by atoms with E-state index < -0.39 is 0 Å². The van der Waals surface area contributed by atoms with Crippen molar-refractivity contribution in [1.29, 1.82) is 0 Å². The maximum Gasteiger partial charge on any atom is 0.274 e. The third kappa shape index (κ3) is 4.86. The summed E-state index contributed by atoms with van der Waals surface area (Å²) in [6, 6.07) is 3.47. The summed E-state index contributed by atoms with van der Waals surface area (Å²) in [6.07, 6.45) is 0.818. The lowest BCUT2D eigenvalue weighted by molar-refractivity contribution is -0.119. The molecule has 0 unspecified atom stereocenters. The van der Waals surface area contributed by atoms with Gasteiger partial charge in [0.05, 0.1) is 13.2 Å². The van der Waals surface area contributed by atoms with E-state index in [4.69, 9.17) is 4.74 Å². The summed E-state index contributed by atoms with van der Waals surface area (Å²) in [5.41, 5.74) is 0.332. The standard InChI is InChI=1S/C16H24N6O3/c23-13-21-5-7-22(8-6-21)16(24)14-1-2-15(19-18-14)17-3-4-20-9-11-25-12-10-20/h1-2,13H,3-12H2,(H,17,19). The number of morpholine rings is 1. The smallest absolute Gasteiger partial charge is 0.274 e. The molecule has 2 fully saturated rings. The molecule has 0 radical (unpaired) electrons. The topological polar surface area (TPSA) is 90.9 Å². The Morgan fingerprint density at radius 2 is 1.88 bits per heavy atom. The van der Waals surface area contributed by atoms with Crippen molar-refractivity contribution in [3.63, 3.8) is 0 Å². The van der Waals surface area contributed by atoms with Gasteiger partial charge in [0, 0.05) is 52.4 Å². The highest BCUT2D eigenvalue weighted by molar-refractivity contribution is 5.92. The molecule has 0 atom stereocenters. The molecule has 1 aromatic heterocycles. The van der Waals surface area contributed by atoms with Gasteiger partial charge in [-0.1, -0.05) is 0 Å². The largest absolute Gasteiger partial charge is 0.379 e. The minimum Gasteiger partial charge on any atom is -0.379 e. The molecule has 0 bridgehead atoms. The van der Waals surface area contributed by atoms with Crippen molar-refractivity contribution >= 4 is 18.1 Å². The van der Waals surface area contributed by atoms with Crippen LogP contribution in [0.15, 0.2) is 12.1 Å². The third-order valence-corrected chi connectivity index (χ3v) is 4.47. The fourth-order valence-electron chi connectivity index (χ4n) is 2.90. The molecule has 2 aliphatic heterocycles. The van der Waals surface area contributed by atoms with Gasteiger partial charge in [-0.05, 0) is 12.1 Å². The first-order valence-corrected chi connectivity index (χ1v) is 8.62.